The summed E-state index contributed by atoms with van der Waals surface area (Å²) < 4.78 is 0. The molecule has 1 aliphatic carbocycles. The van der Waals surface area contributed by atoms with E-state index < -0.39 is 12.0 Å². The highest BCUT2D eigenvalue weighted by atomic mass is 32.1. The predicted octanol–water partition coefficient (Wildman–Crippen LogP) is 2.74. The summed E-state index contributed by atoms with van der Waals surface area (Å²) in [6.07, 6.45) is 3.68. The Bertz CT molecular complexity index is 555. The van der Waals surface area contributed by atoms with Crippen molar-refractivity contribution in [2.75, 3.05) is 11.9 Å². The lowest BCUT2D eigenvalue weighted by Crippen LogP contribution is -2.51. The normalized spacial score (nSPS) is 25.7. The minimum atomic E-state index is -0.936. The first-order valence-electron chi connectivity index (χ1n) is 7.30. The van der Waals surface area contributed by atoms with Gasteiger partial charge in [-0.25, -0.2) is 14.6 Å². The number of amides is 2. The molecule has 0 radical (unpaired) electrons. The molecule has 2 unspecified atom stereocenters. The van der Waals surface area contributed by atoms with Crippen molar-refractivity contribution in [3.8, 4) is 0 Å². The molecule has 21 heavy (non-hydrogen) atoms. The maximum Gasteiger partial charge on any atom is 0.326 e. The first-order valence-corrected chi connectivity index (χ1v) is 8.18. The molecule has 2 amide bonds. The topological polar surface area (TPSA) is 82.5 Å². The third-order valence-electron chi connectivity index (χ3n) is 4.14. The monoisotopic (exact) mass is 309 g/mol. The van der Waals surface area contributed by atoms with Gasteiger partial charge < -0.3 is 10.0 Å². The molecule has 0 spiro atoms. The van der Waals surface area contributed by atoms with Gasteiger partial charge in [-0.1, -0.05) is 6.92 Å². The Labute approximate surface area is 127 Å². The number of nitrogens with one attached hydrogen (secondary N) is 1. The summed E-state index contributed by atoms with van der Waals surface area (Å²) in [5, 5.41) is 14.6. The second kappa shape index (κ2) is 5.63. The number of hydrogen-bond donors (Lipinski definition) is 2. The zero-order valence-electron chi connectivity index (χ0n) is 11.9. The third-order valence-corrected chi connectivity index (χ3v) is 4.92. The smallest absolute Gasteiger partial charge is 0.326 e. The number of rotatable bonds is 3. The van der Waals surface area contributed by atoms with E-state index in [-0.39, 0.29) is 6.03 Å². The van der Waals surface area contributed by atoms with Crippen LogP contribution in [0.2, 0.25) is 0 Å². The van der Waals surface area contributed by atoms with Gasteiger partial charge in [-0.05, 0) is 31.6 Å². The number of nitrogens with zero attached hydrogens (tertiary/aromatic N) is 2. The number of aromatic nitrogens is 1. The average Bonchev–Trinajstić information content (AvgIpc) is 3.19. The molecule has 2 heterocycles. The van der Waals surface area contributed by atoms with Gasteiger partial charge in [-0.15, -0.1) is 11.3 Å². The molecule has 2 fully saturated rings. The minimum absolute atomic E-state index is 0.330. The molecule has 3 rings (SSSR count). The van der Waals surface area contributed by atoms with Crippen molar-refractivity contribution in [2.24, 2.45) is 5.92 Å². The summed E-state index contributed by atoms with van der Waals surface area (Å²) >= 11 is 1.40. The summed E-state index contributed by atoms with van der Waals surface area (Å²) in [7, 11) is 0. The van der Waals surface area contributed by atoms with Crippen LogP contribution in [0.4, 0.5) is 9.93 Å². The van der Waals surface area contributed by atoms with Gasteiger partial charge in [0.15, 0.2) is 5.13 Å². The Kier molecular flexibility index (Phi) is 3.84. The molecule has 114 valence electrons. The predicted molar refractivity (Wildman–Crippen MR) is 79.6 cm³/mol. The fourth-order valence-corrected chi connectivity index (χ4v) is 3.47. The van der Waals surface area contributed by atoms with Gasteiger partial charge in [-0.2, -0.15) is 0 Å². The molecule has 1 saturated heterocycles. The lowest BCUT2D eigenvalue weighted by molar-refractivity contribution is -0.143. The third kappa shape index (κ3) is 3.18. The van der Waals surface area contributed by atoms with Crippen molar-refractivity contribution in [2.45, 2.75) is 44.6 Å². The number of carbonyl (C=O) groups is 2. The quantitative estimate of drug-likeness (QED) is 0.899. The summed E-state index contributed by atoms with van der Waals surface area (Å²) in [5.74, 6) is -0.0551. The zero-order valence-corrected chi connectivity index (χ0v) is 12.7. The van der Waals surface area contributed by atoms with Crippen molar-refractivity contribution in [3.05, 3.63) is 11.1 Å². The van der Waals surface area contributed by atoms with Crippen LogP contribution in [0.1, 0.15) is 44.2 Å². The van der Waals surface area contributed by atoms with Gasteiger partial charge in [-0.3, -0.25) is 5.32 Å². The van der Waals surface area contributed by atoms with Gasteiger partial charge in [0.2, 0.25) is 0 Å². The molecule has 1 saturated carbocycles. The van der Waals surface area contributed by atoms with Crippen LogP contribution in [0.5, 0.6) is 0 Å². The van der Waals surface area contributed by atoms with Gasteiger partial charge in [0.1, 0.15) is 6.04 Å². The number of thiazole rings is 1. The van der Waals surface area contributed by atoms with Gasteiger partial charge in [0.25, 0.3) is 0 Å². The molecule has 6 nitrogen and oxygen atoms in total. The Morgan fingerprint density at radius 1 is 1.43 bits per heavy atom. The number of likely N-dealkylation sites (tertiary alicyclic amines) is 1. The molecule has 2 N–H and O–H groups in total. The Balaban J connectivity index is 1.66. The average molecular weight is 309 g/mol. The van der Waals surface area contributed by atoms with Crippen LogP contribution in [0.3, 0.4) is 0 Å². The number of carbonyl (C=O) groups excluding carboxylic acids is 1. The number of anilines is 1. The van der Waals surface area contributed by atoms with Crippen LogP contribution >= 0.6 is 11.3 Å². The zero-order chi connectivity index (χ0) is 15.0. The SMILES string of the molecule is CC1CCN(C(=O)Nc2nc(C3CC3)cs2)C(C(=O)O)C1. The van der Waals surface area contributed by atoms with Crippen LogP contribution in [0.25, 0.3) is 0 Å². The Morgan fingerprint density at radius 3 is 2.86 bits per heavy atom. The van der Waals surface area contributed by atoms with Crippen LogP contribution in [0, 0.1) is 5.92 Å². The van der Waals surface area contributed by atoms with Crippen LogP contribution in [-0.4, -0.2) is 39.6 Å². The number of hydrogen-bond acceptors (Lipinski definition) is 4. The first kappa shape index (κ1) is 14.3. The first-order chi connectivity index (χ1) is 10.0. The van der Waals surface area contributed by atoms with Gasteiger partial charge in [0, 0.05) is 17.8 Å². The molecule has 1 aromatic heterocycles. The molecule has 1 aliphatic heterocycles. The second-order valence-electron chi connectivity index (χ2n) is 5.96. The molecular formula is C14H19N3O3S. The van der Waals surface area contributed by atoms with E-state index in [9.17, 15) is 14.7 Å². The maximum absolute atomic E-state index is 12.3. The summed E-state index contributed by atoms with van der Waals surface area (Å²) in [5.41, 5.74) is 1.04. The second-order valence-corrected chi connectivity index (χ2v) is 6.82. The van der Waals surface area contributed by atoms with Gasteiger partial charge >= 0.3 is 12.0 Å². The van der Waals surface area contributed by atoms with E-state index in [1.165, 1.54) is 29.1 Å². The van der Waals surface area contributed by atoms with E-state index in [0.717, 1.165) is 12.1 Å². The van der Waals surface area contributed by atoms with Crippen molar-refractivity contribution >= 4 is 28.5 Å². The standard InChI is InChI=1S/C14H19N3O3S/c1-8-4-5-17(11(6-8)12(18)19)14(20)16-13-15-10(7-21-13)9-2-3-9/h7-9,11H,2-6H2,1H3,(H,18,19)(H,15,16,20). The van der Waals surface area contributed by atoms with E-state index in [1.54, 1.807) is 0 Å². The van der Waals surface area contributed by atoms with E-state index in [2.05, 4.69) is 10.3 Å². The summed E-state index contributed by atoms with van der Waals surface area (Å²) in [4.78, 5) is 29.5. The highest BCUT2D eigenvalue weighted by molar-refractivity contribution is 7.13. The van der Waals surface area contributed by atoms with E-state index in [0.29, 0.717) is 29.9 Å². The summed E-state index contributed by atoms with van der Waals surface area (Å²) in [6, 6.07) is -1.09. The van der Waals surface area contributed by atoms with Crippen LogP contribution < -0.4 is 5.32 Å². The molecule has 1 aromatic rings. The Hall–Kier alpha value is -1.63. The molecule has 7 heteroatoms. The molecule has 0 bridgehead atoms. The van der Waals surface area contributed by atoms with Gasteiger partial charge in [0.05, 0.1) is 5.69 Å². The summed E-state index contributed by atoms with van der Waals surface area (Å²) in [6.45, 7) is 2.50. The van der Waals surface area contributed by atoms with Crippen LogP contribution in [0.15, 0.2) is 5.38 Å². The number of urea groups is 1. The molecule has 2 atom stereocenters. The number of carboxylic acids is 1. The van der Waals surface area contributed by atoms with Crippen molar-refractivity contribution < 1.29 is 14.7 Å². The van der Waals surface area contributed by atoms with Crippen molar-refractivity contribution in [1.82, 2.24) is 9.88 Å². The molecule has 0 aromatic carbocycles. The fourth-order valence-electron chi connectivity index (χ4n) is 2.69. The maximum atomic E-state index is 12.3. The van der Waals surface area contributed by atoms with E-state index >= 15 is 0 Å². The number of piperidine rings is 1. The van der Waals surface area contributed by atoms with Crippen molar-refractivity contribution in [3.63, 3.8) is 0 Å². The number of carboxylic acid groups (broad SMARTS) is 1. The number of aliphatic carboxylic acids is 1. The highest BCUT2D eigenvalue weighted by Gasteiger charge is 2.35. The van der Waals surface area contributed by atoms with E-state index in [4.69, 9.17) is 0 Å². The minimum Gasteiger partial charge on any atom is -0.480 e. The highest BCUT2D eigenvalue weighted by Crippen LogP contribution is 2.40. The van der Waals surface area contributed by atoms with Crippen molar-refractivity contribution in [1.29, 1.82) is 0 Å². The lowest BCUT2D eigenvalue weighted by Gasteiger charge is -2.35. The van der Waals surface area contributed by atoms with E-state index in [1.807, 2.05) is 12.3 Å². The molecule has 2 aliphatic rings. The fraction of sp³-hybridized carbons (Fsp3) is 0.643. The molecular weight excluding hydrogens is 290 g/mol. The van der Waals surface area contributed by atoms with Crippen LogP contribution in [-0.2, 0) is 4.79 Å². The lowest BCUT2D eigenvalue weighted by atomic mass is 9.93. The largest absolute Gasteiger partial charge is 0.480 e. The Morgan fingerprint density at radius 2 is 2.19 bits per heavy atom.